The van der Waals surface area contributed by atoms with Crippen molar-refractivity contribution in [1.29, 1.82) is 0 Å². The number of carbonyl (C=O) groups is 3. The van der Waals surface area contributed by atoms with E-state index in [-0.39, 0.29) is 24.2 Å². The van der Waals surface area contributed by atoms with Gasteiger partial charge >= 0.3 is 0 Å². The van der Waals surface area contributed by atoms with Gasteiger partial charge < -0.3 is 9.80 Å². The van der Waals surface area contributed by atoms with E-state index in [1.165, 1.54) is 17.6 Å². The Morgan fingerprint density at radius 1 is 0.839 bits per heavy atom. The largest absolute Gasteiger partial charge is 0.336 e. The van der Waals surface area contributed by atoms with Gasteiger partial charge in [0.15, 0.2) is 0 Å². The topological polar surface area (TPSA) is 103 Å². The summed E-state index contributed by atoms with van der Waals surface area (Å²) in [5, 5.41) is 8.50. The van der Waals surface area contributed by atoms with Crippen LogP contribution in [0.1, 0.15) is 21.7 Å². The van der Waals surface area contributed by atoms with Crippen LogP contribution < -0.4 is 5.48 Å². The Bertz CT molecular complexity index is 970. The maximum atomic E-state index is 12.5. The molecule has 0 radical (unpaired) electrons. The summed E-state index contributed by atoms with van der Waals surface area (Å²) in [6.45, 7) is 1.90. The molecule has 1 saturated heterocycles. The number of benzene rings is 1. The lowest BCUT2D eigenvalue weighted by Crippen LogP contribution is -2.50. The molecule has 0 bridgehead atoms. The normalized spacial score (nSPS) is 13.8. The zero-order valence-corrected chi connectivity index (χ0v) is 17.5. The van der Waals surface area contributed by atoms with Crippen molar-refractivity contribution in [1.82, 2.24) is 20.3 Å². The maximum absolute atomic E-state index is 12.5. The monoisotopic (exact) mass is 442 g/mol. The fourth-order valence-corrected chi connectivity index (χ4v) is 3.01. The first-order valence-corrected chi connectivity index (χ1v) is 9.47. The molecule has 0 aliphatic carbocycles. The van der Waals surface area contributed by atoms with Crippen LogP contribution in [-0.4, -0.2) is 63.9 Å². The number of nitrogens with zero attached hydrogens (tertiary/aromatic N) is 3. The fourth-order valence-electron chi connectivity index (χ4n) is 3.01. The Kier molecular flexibility index (Phi) is 8.93. The Morgan fingerprint density at radius 2 is 1.42 bits per heavy atom. The third-order valence-corrected chi connectivity index (χ3v) is 4.60. The number of piperazine rings is 1. The highest BCUT2D eigenvalue weighted by molar-refractivity contribution is 5.95. The highest BCUT2D eigenvalue weighted by atomic mass is 35.5. The van der Waals surface area contributed by atoms with E-state index in [1.54, 1.807) is 46.2 Å². The van der Waals surface area contributed by atoms with Crippen LogP contribution in [0.4, 0.5) is 0 Å². The van der Waals surface area contributed by atoms with E-state index in [4.69, 9.17) is 5.21 Å². The van der Waals surface area contributed by atoms with Crippen molar-refractivity contribution in [3.8, 4) is 0 Å². The summed E-state index contributed by atoms with van der Waals surface area (Å²) in [6, 6.07) is 14.3. The van der Waals surface area contributed by atoms with Crippen LogP contribution in [0.3, 0.4) is 0 Å². The van der Waals surface area contributed by atoms with Gasteiger partial charge in [-0.25, -0.2) is 10.5 Å². The van der Waals surface area contributed by atoms with Crippen LogP contribution in [0.2, 0.25) is 0 Å². The molecule has 3 amide bonds. The van der Waals surface area contributed by atoms with Gasteiger partial charge in [0.05, 0.1) is 11.4 Å². The van der Waals surface area contributed by atoms with E-state index in [2.05, 4.69) is 4.98 Å². The van der Waals surface area contributed by atoms with E-state index < -0.39 is 5.91 Å². The number of aromatic nitrogens is 1. The number of hydrogen-bond donors (Lipinski definition) is 2. The summed E-state index contributed by atoms with van der Waals surface area (Å²) in [4.78, 5) is 43.8. The molecule has 9 heteroatoms. The van der Waals surface area contributed by atoms with Crippen molar-refractivity contribution in [2.45, 2.75) is 0 Å². The van der Waals surface area contributed by atoms with Crippen molar-refractivity contribution < 1.29 is 19.6 Å². The number of nitrogens with one attached hydrogen (secondary N) is 1. The Hall–Kier alpha value is -3.49. The molecule has 0 unspecified atom stereocenters. The molecule has 2 aromatic rings. The highest BCUT2D eigenvalue weighted by Crippen LogP contribution is 2.10. The zero-order chi connectivity index (χ0) is 21.3. The number of pyridine rings is 1. The number of halogens is 1. The van der Waals surface area contributed by atoms with Gasteiger partial charge in [0.1, 0.15) is 0 Å². The summed E-state index contributed by atoms with van der Waals surface area (Å²) in [5.41, 5.74) is 3.23. The molecular formula is C22H23ClN4O4. The lowest BCUT2D eigenvalue weighted by atomic mass is 10.2. The predicted molar refractivity (Wildman–Crippen MR) is 118 cm³/mol. The first kappa shape index (κ1) is 23.8. The highest BCUT2D eigenvalue weighted by Gasteiger charge is 2.23. The number of rotatable bonds is 5. The fraction of sp³-hybridized carbons (Fsp3) is 0.182. The molecule has 0 spiro atoms. The SMILES string of the molecule is Cl.O=C(C=Cc1cccc(C=CC(=O)N2CCN(C(=O)c3ccccc3)CC2)n1)NO. The smallest absolute Gasteiger partial charge is 0.267 e. The van der Waals surface area contributed by atoms with Gasteiger partial charge in [-0.3, -0.25) is 19.6 Å². The van der Waals surface area contributed by atoms with Crippen molar-refractivity contribution in [3.63, 3.8) is 0 Å². The molecule has 1 aromatic carbocycles. The number of hydrogen-bond acceptors (Lipinski definition) is 5. The first-order valence-electron chi connectivity index (χ1n) is 9.47. The van der Waals surface area contributed by atoms with Gasteiger partial charge in [-0.05, 0) is 36.4 Å². The van der Waals surface area contributed by atoms with Crippen LogP contribution in [0.5, 0.6) is 0 Å². The summed E-state index contributed by atoms with van der Waals surface area (Å²) in [7, 11) is 0. The van der Waals surface area contributed by atoms with Gasteiger partial charge in [-0.2, -0.15) is 0 Å². The lowest BCUT2D eigenvalue weighted by Gasteiger charge is -2.34. The molecule has 2 N–H and O–H groups in total. The van der Waals surface area contributed by atoms with Crippen LogP contribution in [0.25, 0.3) is 12.2 Å². The third-order valence-electron chi connectivity index (χ3n) is 4.60. The number of carbonyl (C=O) groups excluding carboxylic acids is 3. The molecule has 1 fully saturated rings. The van der Waals surface area contributed by atoms with Crippen LogP contribution in [0, 0.1) is 0 Å². The van der Waals surface area contributed by atoms with Crippen LogP contribution >= 0.6 is 12.4 Å². The van der Waals surface area contributed by atoms with E-state index in [0.717, 1.165) is 6.08 Å². The van der Waals surface area contributed by atoms with Gasteiger partial charge in [-0.1, -0.05) is 24.3 Å². The molecule has 162 valence electrons. The molecule has 31 heavy (non-hydrogen) atoms. The van der Waals surface area contributed by atoms with Crippen molar-refractivity contribution in [3.05, 3.63) is 77.6 Å². The Labute approximate surface area is 186 Å². The summed E-state index contributed by atoms with van der Waals surface area (Å²) in [6.07, 6.45) is 5.66. The Morgan fingerprint density at radius 3 is 2.03 bits per heavy atom. The number of amides is 3. The minimum absolute atomic E-state index is 0. The minimum atomic E-state index is -0.655. The summed E-state index contributed by atoms with van der Waals surface area (Å²) in [5.74, 6) is -0.829. The average molecular weight is 443 g/mol. The van der Waals surface area contributed by atoms with E-state index in [1.807, 2.05) is 18.2 Å². The number of hydroxylamine groups is 1. The minimum Gasteiger partial charge on any atom is -0.336 e. The van der Waals surface area contributed by atoms with Gasteiger partial charge in [0.25, 0.3) is 11.8 Å². The van der Waals surface area contributed by atoms with Gasteiger partial charge in [0, 0.05) is 43.9 Å². The van der Waals surface area contributed by atoms with E-state index in [0.29, 0.717) is 43.1 Å². The molecule has 1 aliphatic heterocycles. The maximum Gasteiger partial charge on any atom is 0.267 e. The van der Waals surface area contributed by atoms with Crippen molar-refractivity contribution >= 4 is 42.3 Å². The first-order chi connectivity index (χ1) is 14.6. The quantitative estimate of drug-likeness (QED) is 0.419. The molecule has 3 rings (SSSR count). The van der Waals surface area contributed by atoms with Gasteiger partial charge in [0.2, 0.25) is 5.91 Å². The van der Waals surface area contributed by atoms with Crippen LogP contribution in [0.15, 0.2) is 60.7 Å². The standard InChI is InChI=1S/C22H22N4O4.ClH/c27-20(24-30)11-9-18-7-4-8-19(23-18)10-12-21(28)25-13-15-26(16-14-25)22(29)17-5-2-1-3-6-17;/h1-12,30H,13-16H2,(H,24,27);1H. The molecule has 2 heterocycles. The van der Waals surface area contributed by atoms with Crippen LogP contribution in [-0.2, 0) is 9.59 Å². The summed E-state index contributed by atoms with van der Waals surface area (Å²) >= 11 is 0. The second-order valence-electron chi connectivity index (χ2n) is 6.61. The van der Waals surface area contributed by atoms with Crippen molar-refractivity contribution in [2.24, 2.45) is 0 Å². The zero-order valence-electron chi connectivity index (χ0n) is 16.7. The van der Waals surface area contributed by atoms with Crippen molar-refractivity contribution in [2.75, 3.05) is 26.2 Å². The molecule has 0 atom stereocenters. The third kappa shape index (κ3) is 6.77. The predicted octanol–water partition coefficient (Wildman–Crippen LogP) is 2.02. The second-order valence-corrected chi connectivity index (χ2v) is 6.61. The van der Waals surface area contributed by atoms with E-state index in [9.17, 15) is 14.4 Å². The summed E-state index contributed by atoms with van der Waals surface area (Å²) < 4.78 is 0. The second kappa shape index (κ2) is 11.6. The lowest BCUT2D eigenvalue weighted by molar-refractivity contribution is -0.127. The average Bonchev–Trinajstić information content (AvgIpc) is 2.81. The van der Waals surface area contributed by atoms with E-state index >= 15 is 0 Å². The molecule has 1 aromatic heterocycles. The molecule has 8 nitrogen and oxygen atoms in total. The molecule has 0 saturated carbocycles. The molecule has 1 aliphatic rings. The molecular weight excluding hydrogens is 420 g/mol. The Balaban J connectivity index is 0.00000341. The van der Waals surface area contributed by atoms with Gasteiger partial charge in [-0.15, -0.1) is 12.4 Å².